The summed E-state index contributed by atoms with van der Waals surface area (Å²) in [5, 5.41) is 2.98. The first kappa shape index (κ1) is 19.2. The van der Waals surface area contributed by atoms with E-state index >= 15 is 0 Å². The first-order valence-corrected chi connectivity index (χ1v) is 9.62. The molecular formula is C19H21N3O4S. The molecule has 1 aliphatic rings. The first-order valence-electron chi connectivity index (χ1n) is 8.80. The number of carbonyl (C=O) groups excluding carboxylic acids is 3. The van der Waals surface area contributed by atoms with Gasteiger partial charge in [-0.2, -0.15) is 0 Å². The lowest BCUT2D eigenvalue weighted by Gasteiger charge is -2.25. The molecule has 0 aliphatic carbocycles. The van der Waals surface area contributed by atoms with Crippen molar-refractivity contribution < 1.29 is 19.1 Å². The zero-order valence-corrected chi connectivity index (χ0v) is 15.6. The lowest BCUT2D eigenvalue weighted by atomic mass is 10.1. The quantitative estimate of drug-likeness (QED) is 0.728. The number of carbonyl (C=O) groups is 3. The number of morpholine rings is 1. The van der Waals surface area contributed by atoms with Crippen LogP contribution in [0, 0.1) is 0 Å². The third-order valence-corrected chi connectivity index (χ3v) is 5.26. The lowest BCUT2D eigenvalue weighted by Crippen LogP contribution is -2.40. The van der Waals surface area contributed by atoms with E-state index in [2.05, 4.69) is 10.3 Å². The Kier molecular flexibility index (Phi) is 6.67. The fourth-order valence-corrected chi connectivity index (χ4v) is 3.55. The fourth-order valence-electron chi connectivity index (χ4n) is 2.76. The molecule has 1 fully saturated rings. The van der Waals surface area contributed by atoms with Gasteiger partial charge in [0.1, 0.15) is 11.2 Å². The number of nitrogens with one attached hydrogen (secondary N) is 1. The second-order valence-corrected chi connectivity index (χ2v) is 7.21. The van der Waals surface area contributed by atoms with Gasteiger partial charge in [0.25, 0.3) is 11.8 Å². The van der Waals surface area contributed by atoms with Crippen molar-refractivity contribution in [2.45, 2.75) is 18.9 Å². The van der Waals surface area contributed by atoms with Crippen LogP contribution in [0.15, 0.2) is 36.5 Å². The highest BCUT2D eigenvalue weighted by atomic mass is 32.1. The van der Waals surface area contributed by atoms with Gasteiger partial charge in [0, 0.05) is 13.1 Å². The maximum atomic E-state index is 12.4. The topological polar surface area (TPSA) is 88.6 Å². The minimum absolute atomic E-state index is 0.196. The van der Waals surface area contributed by atoms with Gasteiger partial charge in [0.15, 0.2) is 5.01 Å². The highest BCUT2D eigenvalue weighted by molar-refractivity contribution is 7.15. The Bertz CT molecular complexity index is 787. The van der Waals surface area contributed by atoms with Gasteiger partial charge in [-0.25, -0.2) is 4.98 Å². The Labute approximate surface area is 161 Å². The summed E-state index contributed by atoms with van der Waals surface area (Å²) in [6.07, 6.45) is 3.32. The molecule has 1 saturated heterocycles. The smallest absolute Gasteiger partial charge is 0.283 e. The van der Waals surface area contributed by atoms with E-state index in [4.69, 9.17) is 4.74 Å². The summed E-state index contributed by atoms with van der Waals surface area (Å²) in [6.45, 7) is 2.05. The standard InChI is InChI=1S/C19H21N3O4S/c23-13-15(7-6-14-4-2-1-3-5-14)21-17(24)16-12-20-18(27-16)19(25)22-8-10-26-11-9-22/h1-5,12-13,15H,6-11H2,(H,21,24)/t15-/m0/s1. The Morgan fingerprint density at radius 1 is 1.26 bits per heavy atom. The van der Waals surface area contributed by atoms with Crippen LogP contribution in [0.25, 0.3) is 0 Å². The lowest BCUT2D eigenvalue weighted by molar-refractivity contribution is -0.109. The van der Waals surface area contributed by atoms with Crippen molar-refractivity contribution in [1.29, 1.82) is 0 Å². The number of aldehydes is 1. The van der Waals surface area contributed by atoms with Gasteiger partial charge < -0.3 is 19.7 Å². The number of amides is 2. The van der Waals surface area contributed by atoms with Crippen molar-refractivity contribution in [2.24, 2.45) is 0 Å². The maximum Gasteiger partial charge on any atom is 0.283 e. The average Bonchev–Trinajstić information content (AvgIpc) is 3.22. The van der Waals surface area contributed by atoms with Crippen molar-refractivity contribution in [3.05, 3.63) is 52.0 Å². The Balaban J connectivity index is 1.56. The Morgan fingerprint density at radius 3 is 2.70 bits per heavy atom. The van der Waals surface area contributed by atoms with E-state index < -0.39 is 11.9 Å². The molecule has 8 heteroatoms. The van der Waals surface area contributed by atoms with Gasteiger partial charge in [-0.05, 0) is 18.4 Å². The van der Waals surface area contributed by atoms with Crippen molar-refractivity contribution >= 4 is 29.4 Å². The summed E-state index contributed by atoms with van der Waals surface area (Å²) >= 11 is 1.04. The van der Waals surface area contributed by atoms with Crippen LogP contribution in [0.2, 0.25) is 0 Å². The second kappa shape index (κ2) is 9.38. The molecular weight excluding hydrogens is 366 g/mol. The summed E-state index contributed by atoms with van der Waals surface area (Å²) in [6, 6.07) is 9.19. The van der Waals surface area contributed by atoms with Gasteiger partial charge in [-0.15, -0.1) is 11.3 Å². The molecule has 1 aliphatic heterocycles. The first-order chi connectivity index (χ1) is 13.2. The second-order valence-electron chi connectivity index (χ2n) is 6.17. The van der Waals surface area contributed by atoms with E-state index in [1.165, 1.54) is 6.20 Å². The summed E-state index contributed by atoms with van der Waals surface area (Å²) in [5.41, 5.74) is 1.11. The molecule has 7 nitrogen and oxygen atoms in total. The number of nitrogens with zero attached hydrogens (tertiary/aromatic N) is 2. The third-order valence-electron chi connectivity index (χ3n) is 4.28. The van der Waals surface area contributed by atoms with E-state index in [0.717, 1.165) is 23.2 Å². The Hall–Kier alpha value is -2.58. The monoisotopic (exact) mass is 387 g/mol. The predicted octanol–water partition coefficient (Wildman–Crippen LogP) is 1.55. The molecule has 0 unspecified atom stereocenters. The molecule has 0 radical (unpaired) electrons. The molecule has 142 valence electrons. The number of ether oxygens (including phenoxy) is 1. The molecule has 1 N–H and O–H groups in total. The van der Waals surface area contributed by atoms with Crippen LogP contribution in [0.1, 0.15) is 31.5 Å². The molecule has 2 amide bonds. The van der Waals surface area contributed by atoms with Crippen LogP contribution in [-0.4, -0.2) is 60.3 Å². The number of aromatic nitrogens is 1. The normalized spacial score (nSPS) is 15.2. The van der Waals surface area contributed by atoms with Gasteiger partial charge in [-0.3, -0.25) is 9.59 Å². The minimum Gasteiger partial charge on any atom is -0.378 e. The van der Waals surface area contributed by atoms with Crippen molar-refractivity contribution in [1.82, 2.24) is 15.2 Å². The van der Waals surface area contributed by atoms with Crippen LogP contribution < -0.4 is 5.32 Å². The van der Waals surface area contributed by atoms with Crippen LogP contribution in [0.3, 0.4) is 0 Å². The summed E-state index contributed by atoms with van der Waals surface area (Å²) in [5.74, 6) is -0.586. The highest BCUT2D eigenvalue weighted by Gasteiger charge is 2.23. The minimum atomic E-state index is -0.585. The van der Waals surface area contributed by atoms with E-state index in [0.29, 0.717) is 44.0 Å². The summed E-state index contributed by atoms with van der Waals surface area (Å²) in [7, 11) is 0. The SMILES string of the molecule is O=C[C@H](CCc1ccccc1)NC(=O)c1cnc(C(=O)N2CCOCC2)s1. The van der Waals surface area contributed by atoms with Gasteiger partial charge in [0.05, 0.1) is 25.5 Å². The molecule has 2 heterocycles. The molecule has 1 atom stereocenters. The molecule has 0 bridgehead atoms. The van der Waals surface area contributed by atoms with Crippen LogP contribution >= 0.6 is 11.3 Å². The van der Waals surface area contributed by atoms with Crippen molar-refractivity contribution in [3.63, 3.8) is 0 Å². The molecule has 0 spiro atoms. The summed E-state index contributed by atoms with van der Waals surface area (Å²) in [4.78, 5) is 42.2. The predicted molar refractivity (Wildman–Crippen MR) is 101 cm³/mol. The number of hydrogen-bond acceptors (Lipinski definition) is 6. The Morgan fingerprint density at radius 2 is 2.00 bits per heavy atom. The average molecular weight is 387 g/mol. The number of thiazole rings is 1. The number of benzene rings is 1. The van der Waals surface area contributed by atoms with Gasteiger partial charge in [0.2, 0.25) is 0 Å². The van der Waals surface area contributed by atoms with E-state index in [-0.39, 0.29) is 10.9 Å². The molecule has 1 aromatic heterocycles. The molecule has 3 rings (SSSR count). The maximum absolute atomic E-state index is 12.4. The van der Waals surface area contributed by atoms with Crippen LogP contribution in [-0.2, 0) is 16.0 Å². The van der Waals surface area contributed by atoms with Gasteiger partial charge in [-0.1, -0.05) is 30.3 Å². The third kappa shape index (κ3) is 5.21. The zero-order valence-electron chi connectivity index (χ0n) is 14.8. The molecule has 2 aromatic rings. The van der Waals surface area contributed by atoms with Crippen LogP contribution in [0.5, 0.6) is 0 Å². The molecule has 27 heavy (non-hydrogen) atoms. The highest BCUT2D eigenvalue weighted by Crippen LogP contribution is 2.16. The molecule has 0 saturated carbocycles. The largest absolute Gasteiger partial charge is 0.378 e. The van der Waals surface area contributed by atoms with E-state index in [1.54, 1.807) is 4.90 Å². The summed E-state index contributed by atoms with van der Waals surface area (Å²) < 4.78 is 5.23. The number of aryl methyl sites for hydroxylation is 1. The van der Waals surface area contributed by atoms with Crippen molar-refractivity contribution in [2.75, 3.05) is 26.3 Å². The molecule has 1 aromatic carbocycles. The number of hydrogen-bond donors (Lipinski definition) is 1. The number of rotatable bonds is 7. The zero-order chi connectivity index (χ0) is 19.1. The van der Waals surface area contributed by atoms with Crippen LogP contribution in [0.4, 0.5) is 0 Å². The van der Waals surface area contributed by atoms with E-state index in [9.17, 15) is 14.4 Å². The fraction of sp³-hybridized carbons (Fsp3) is 0.368. The van der Waals surface area contributed by atoms with E-state index in [1.807, 2.05) is 30.3 Å². The van der Waals surface area contributed by atoms with Gasteiger partial charge >= 0.3 is 0 Å². The van der Waals surface area contributed by atoms with Crippen molar-refractivity contribution in [3.8, 4) is 0 Å².